The fourth-order valence-electron chi connectivity index (χ4n) is 3.88. The van der Waals surface area contributed by atoms with Gasteiger partial charge in [0.1, 0.15) is 29.1 Å². The van der Waals surface area contributed by atoms with Crippen LogP contribution in [0, 0.1) is 0 Å². The van der Waals surface area contributed by atoms with Gasteiger partial charge in [-0.1, -0.05) is 11.6 Å². The number of nitrogens with one attached hydrogen (secondary N) is 2. The zero-order valence-corrected chi connectivity index (χ0v) is 21.1. The molecule has 0 radical (unpaired) electrons. The van der Waals surface area contributed by atoms with Gasteiger partial charge in [0.05, 0.1) is 32.1 Å². The maximum absolute atomic E-state index is 6.15. The molecule has 36 heavy (non-hydrogen) atoms. The predicted octanol–water partition coefficient (Wildman–Crippen LogP) is 5.28. The molecule has 0 aliphatic heterocycles. The van der Waals surface area contributed by atoms with Gasteiger partial charge in [0, 0.05) is 24.5 Å². The minimum Gasteiger partial charge on any atom is -0.491 e. The third kappa shape index (κ3) is 4.30. The average Bonchev–Trinajstić information content (AvgIpc) is 3.61. The number of ether oxygens (including phenoxy) is 1. The Balaban J connectivity index is 1.37. The number of pyridine rings is 3. The summed E-state index contributed by atoms with van der Waals surface area (Å²) in [5.74, 6) is 1.31. The van der Waals surface area contributed by atoms with E-state index < -0.39 is 0 Å². The molecule has 0 aromatic carbocycles. The smallest absolute Gasteiger partial charge is 0.161 e. The monoisotopic (exact) mass is 516 g/mol. The second-order valence-electron chi connectivity index (χ2n) is 8.47. The summed E-state index contributed by atoms with van der Waals surface area (Å²) in [5.41, 5.74) is 6.16. The van der Waals surface area contributed by atoms with Gasteiger partial charge in [0.2, 0.25) is 0 Å². The van der Waals surface area contributed by atoms with E-state index in [9.17, 15) is 0 Å². The lowest BCUT2D eigenvalue weighted by molar-refractivity contribution is 0.261. The quantitative estimate of drug-likeness (QED) is 0.297. The molecule has 2 N–H and O–H groups in total. The van der Waals surface area contributed by atoms with Crippen LogP contribution in [-0.4, -0.2) is 67.3 Å². The van der Waals surface area contributed by atoms with E-state index >= 15 is 0 Å². The van der Waals surface area contributed by atoms with Crippen molar-refractivity contribution in [2.75, 3.05) is 27.2 Å². The van der Waals surface area contributed by atoms with Gasteiger partial charge in [-0.25, -0.2) is 9.97 Å². The van der Waals surface area contributed by atoms with Gasteiger partial charge < -0.3 is 14.6 Å². The molecule has 180 valence electrons. The van der Waals surface area contributed by atoms with Crippen molar-refractivity contribution >= 4 is 45.0 Å². The minimum atomic E-state index is 0.580. The number of aromatic amines is 2. The number of fused-ring (bicyclic) bond motifs is 2. The van der Waals surface area contributed by atoms with Crippen LogP contribution >= 0.6 is 22.9 Å². The average molecular weight is 517 g/mol. The molecule has 0 saturated carbocycles. The van der Waals surface area contributed by atoms with Gasteiger partial charge in [-0.15, -0.1) is 11.3 Å². The van der Waals surface area contributed by atoms with Crippen LogP contribution in [0.2, 0.25) is 4.34 Å². The first-order chi connectivity index (χ1) is 17.5. The van der Waals surface area contributed by atoms with Gasteiger partial charge in [0.15, 0.2) is 11.5 Å². The molecule has 11 heteroatoms. The maximum Gasteiger partial charge on any atom is 0.161 e. The fourth-order valence-corrected chi connectivity index (χ4v) is 4.92. The summed E-state index contributed by atoms with van der Waals surface area (Å²) in [7, 11) is 4.02. The molecule has 6 rings (SSSR count). The van der Waals surface area contributed by atoms with Crippen LogP contribution in [0.25, 0.3) is 55.4 Å². The molecule has 6 heterocycles. The number of H-pyrrole nitrogens is 2. The van der Waals surface area contributed by atoms with E-state index in [1.54, 1.807) is 18.6 Å². The Labute approximate surface area is 215 Å². The SMILES string of the molecule is CN(C)CCOc1cncc(-c2ccc3[nH]nc(-c4nc5c(-c6ccc(Cl)s6)nccc5[nH]4)c3n2)c1. The van der Waals surface area contributed by atoms with Gasteiger partial charge in [-0.2, -0.15) is 5.10 Å². The summed E-state index contributed by atoms with van der Waals surface area (Å²) in [6.45, 7) is 1.40. The van der Waals surface area contributed by atoms with Crippen molar-refractivity contribution in [3.63, 3.8) is 0 Å². The number of hydrogen-bond acceptors (Lipinski definition) is 8. The van der Waals surface area contributed by atoms with E-state index in [1.165, 1.54) is 11.3 Å². The number of imidazole rings is 1. The second-order valence-corrected chi connectivity index (χ2v) is 10.2. The summed E-state index contributed by atoms with van der Waals surface area (Å²) < 4.78 is 6.55. The highest BCUT2D eigenvalue weighted by molar-refractivity contribution is 7.19. The van der Waals surface area contributed by atoms with Crippen molar-refractivity contribution in [1.29, 1.82) is 0 Å². The molecule has 0 saturated heterocycles. The number of hydrogen-bond donors (Lipinski definition) is 2. The minimum absolute atomic E-state index is 0.580. The summed E-state index contributed by atoms with van der Waals surface area (Å²) >= 11 is 7.62. The van der Waals surface area contributed by atoms with E-state index in [0.29, 0.717) is 33.7 Å². The van der Waals surface area contributed by atoms with Crippen LogP contribution in [0.3, 0.4) is 0 Å². The maximum atomic E-state index is 6.15. The Morgan fingerprint density at radius 3 is 2.72 bits per heavy atom. The number of halogens is 1. The summed E-state index contributed by atoms with van der Waals surface area (Å²) in [6, 6.07) is 11.5. The zero-order chi connectivity index (χ0) is 24.6. The molecule has 0 aliphatic rings. The molecule has 0 amide bonds. The number of likely N-dealkylation sites (N-methyl/N-ethyl adjacent to an activating group) is 1. The third-order valence-corrected chi connectivity index (χ3v) is 6.89. The van der Waals surface area contributed by atoms with E-state index in [1.807, 2.05) is 50.5 Å². The third-order valence-electron chi connectivity index (χ3n) is 5.66. The van der Waals surface area contributed by atoms with Crippen LogP contribution in [-0.2, 0) is 0 Å². The van der Waals surface area contributed by atoms with E-state index in [-0.39, 0.29) is 0 Å². The van der Waals surface area contributed by atoms with E-state index in [2.05, 4.69) is 30.0 Å². The van der Waals surface area contributed by atoms with Gasteiger partial charge in [-0.05, 0) is 50.5 Å². The van der Waals surface area contributed by atoms with Crippen LogP contribution in [0.4, 0.5) is 0 Å². The number of thiophene rings is 1. The van der Waals surface area contributed by atoms with Gasteiger partial charge >= 0.3 is 0 Å². The molecular formula is C25H21ClN8OS. The van der Waals surface area contributed by atoms with Crippen molar-refractivity contribution in [2.45, 2.75) is 0 Å². The Hall–Kier alpha value is -3.86. The van der Waals surface area contributed by atoms with Crippen LogP contribution in [0.5, 0.6) is 5.75 Å². The highest BCUT2D eigenvalue weighted by atomic mass is 35.5. The Morgan fingerprint density at radius 1 is 1.00 bits per heavy atom. The van der Waals surface area contributed by atoms with Gasteiger partial charge in [0.25, 0.3) is 0 Å². The number of nitrogens with zero attached hydrogens (tertiary/aromatic N) is 6. The Bertz CT molecular complexity index is 1690. The predicted molar refractivity (Wildman–Crippen MR) is 142 cm³/mol. The highest BCUT2D eigenvalue weighted by Gasteiger charge is 2.18. The Kier molecular flexibility index (Phi) is 5.84. The van der Waals surface area contributed by atoms with Gasteiger partial charge in [-0.3, -0.25) is 15.1 Å². The molecule has 9 nitrogen and oxygen atoms in total. The Morgan fingerprint density at radius 2 is 1.89 bits per heavy atom. The molecule has 0 bridgehead atoms. The van der Waals surface area contributed by atoms with E-state index in [4.69, 9.17) is 26.3 Å². The molecule has 0 atom stereocenters. The molecular weight excluding hydrogens is 496 g/mol. The molecule has 0 unspecified atom stereocenters. The summed E-state index contributed by atoms with van der Waals surface area (Å²) in [5, 5.41) is 7.57. The molecule has 6 aromatic heterocycles. The van der Waals surface area contributed by atoms with Crippen LogP contribution < -0.4 is 4.74 Å². The van der Waals surface area contributed by atoms with Crippen LogP contribution in [0.1, 0.15) is 0 Å². The second kappa shape index (κ2) is 9.30. The largest absolute Gasteiger partial charge is 0.491 e. The normalized spacial score (nSPS) is 11.7. The fraction of sp³-hybridized carbons (Fsp3) is 0.160. The number of rotatable bonds is 7. The van der Waals surface area contributed by atoms with Crippen molar-refractivity contribution in [1.82, 2.24) is 40.0 Å². The van der Waals surface area contributed by atoms with Crippen molar-refractivity contribution in [3.8, 4) is 39.1 Å². The van der Waals surface area contributed by atoms with Crippen molar-refractivity contribution < 1.29 is 4.74 Å². The lowest BCUT2D eigenvalue weighted by atomic mass is 10.1. The lowest BCUT2D eigenvalue weighted by Gasteiger charge is -2.11. The van der Waals surface area contributed by atoms with Crippen molar-refractivity contribution in [3.05, 3.63) is 59.3 Å². The molecule has 0 fully saturated rings. The van der Waals surface area contributed by atoms with Crippen molar-refractivity contribution in [2.24, 2.45) is 0 Å². The standard InChI is InChI=1S/C25H21ClN8OS/c1-34(2)9-10-35-15-11-14(12-27-13-15)16-3-4-18-22(29-16)24(33-32-18)25-30-17-7-8-28-23(21(17)31-25)19-5-6-20(26)36-19/h3-8,11-13H,9-10H2,1-2H3,(H,30,31)(H,32,33). The zero-order valence-electron chi connectivity index (χ0n) is 19.5. The first-order valence-electron chi connectivity index (χ1n) is 11.2. The first-order valence-corrected chi connectivity index (χ1v) is 12.4. The first kappa shape index (κ1) is 22.6. The highest BCUT2D eigenvalue weighted by Crippen LogP contribution is 2.35. The molecule has 0 spiro atoms. The topological polar surface area (TPSA) is 109 Å². The molecule has 0 aliphatic carbocycles. The lowest BCUT2D eigenvalue weighted by Crippen LogP contribution is -2.19. The van der Waals surface area contributed by atoms with Crippen LogP contribution in [0.15, 0.2) is 55.0 Å². The molecule has 6 aromatic rings. The number of aromatic nitrogens is 7. The summed E-state index contributed by atoms with van der Waals surface area (Å²) in [6.07, 6.45) is 5.24. The summed E-state index contributed by atoms with van der Waals surface area (Å²) in [4.78, 5) is 25.0. The van der Waals surface area contributed by atoms with E-state index in [0.717, 1.165) is 44.9 Å².